The highest BCUT2D eigenvalue weighted by Gasteiger charge is 2.15. The third-order valence-corrected chi connectivity index (χ3v) is 4.69. The number of benzene rings is 3. The van der Waals surface area contributed by atoms with Gasteiger partial charge in [-0.05, 0) is 76.6 Å². The van der Waals surface area contributed by atoms with Crippen LogP contribution >= 0.6 is 15.9 Å². The van der Waals surface area contributed by atoms with Gasteiger partial charge in [0.15, 0.2) is 11.5 Å². The van der Waals surface area contributed by atoms with Crippen LogP contribution in [-0.2, 0) is 0 Å². The lowest BCUT2D eigenvalue weighted by atomic mass is 10.1. The van der Waals surface area contributed by atoms with E-state index >= 15 is 0 Å². The smallest absolute Gasteiger partial charge is 0.255 e. The van der Waals surface area contributed by atoms with Crippen LogP contribution in [0, 0.1) is 0 Å². The molecule has 1 amide bonds. The molecule has 3 rings (SSSR count). The summed E-state index contributed by atoms with van der Waals surface area (Å²) >= 11 is 3.39. The quantitative estimate of drug-likeness (QED) is 0.505. The summed E-state index contributed by atoms with van der Waals surface area (Å²) in [6.45, 7) is 0. The van der Waals surface area contributed by atoms with Crippen LogP contribution in [0.25, 0.3) is 0 Å². The maximum absolute atomic E-state index is 12.6. The van der Waals surface area contributed by atoms with E-state index in [0.29, 0.717) is 38.7 Å². The van der Waals surface area contributed by atoms with E-state index in [9.17, 15) is 4.79 Å². The highest BCUT2D eigenvalue weighted by Crippen LogP contribution is 2.36. The van der Waals surface area contributed by atoms with Gasteiger partial charge >= 0.3 is 0 Å². The third-order valence-electron chi connectivity index (χ3n) is 4.10. The lowest BCUT2D eigenvalue weighted by Gasteiger charge is -2.12. The minimum atomic E-state index is -0.268. The number of nitrogens with one attached hydrogen (secondary N) is 1. The molecule has 0 aliphatic carbocycles. The fourth-order valence-electron chi connectivity index (χ4n) is 2.64. The van der Waals surface area contributed by atoms with Gasteiger partial charge < -0.3 is 24.3 Å². The molecule has 0 aliphatic rings. The second-order valence-corrected chi connectivity index (χ2v) is 6.80. The Morgan fingerprint density at radius 2 is 1.38 bits per heavy atom. The topological polar surface area (TPSA) is 66.0 Å². The molecule has 0 spiro atoms. The summed E-state index contributed by atoms with van der Waals surface area (Å²) in [5, 5.41) is 2.85. The van der Waals surface area contributed by atoms with Gasteiger partial charge in [-0.2, -0.15) is 0 Å². The van der Waals surface area contributed by atoms with Gasteiger partial charge in [0, 0.05) is 11.3 Å². The molecule has 150 valence electrons. The van der Waals surface area contributed by atoms with Crippen LogP contribution in [0.4, 0.5) is 5.69 Å². The number of amides is 1. The van der Waals surface area contributed by atoms with Crippen LogP contribution in [-0.4, -0.2) is 27.2 Å². The summed E-state index contributed by atoms with van der Waals surface area (Å²) in [6, 6.07) is 17.7. The average molecular weight is 458 g/mol. The van der Waals surface area contributed by atoms with E-state index in [1.807, 2.05) is 24.3 Å². The first-order chi connectivity index (χ1) is 14.0. The fraction of sp³-hybridized carbons (Fsp3) is 0.136. The predicted molar refractivity (Wildman–Crippen MR) is 115 cm³/mol. The number of hydrogen-bond acceptors (Lipinski definition) is 5. The zero-order chi connectivity index (χ0) is 20.8. The van der Waals surface area contributed by atoms with E-state index in [1.165, 1.54) is 14.2 Å². The zero-order valence-corrected chi connectivity index (χ0v) is 17.8. The minimum absolute atomic E-state index is 0.268. The number of rotatable bonds is 7. The lowest BCUT2D eigenvalue weighted by Crippen LogP contribution is -2.12. The van der Waals surface area contributed by atoms with Gasteiger partial charge in [0.1, 0.15) is 17.2 Å². The Balaban J connectivity index is 1.69. The monoisotopic (exact) mass is 457 g/mol. The molecule has 0 unspecified atom stereocenters. The van der Waals surface area contributed by atoms with Crippen molar-refractivity contribution in [3.63, 3.8) is 0 Å². The van der Waals surface area contributed by atoms with Crippen LogP contribution in [0.1, 0.15) is 10.4 Å². The number of anilines is 1. The Hall–Kier alpha value is -3.19. The first kappa shape index (κ1) is 20.5. The van der Waals surface area contributed by atoms with E-state index in [4.69, 9.17) is 18.9 Å². The standard InChI is InChI=1S/C22H20BrNO5/c1-26-16-8-10-18(11-9-16)29-17-6-4-15(5-7-17)24-22(25)14-12-19(23)21(28-3)20(13-14)27-2/h4-13H,1-3H3,(H,24,25). The summed E-state index contributed by atoms with van der Waals surface area (Å²) in [6.07, 6.45) is 0. The van der Waals surface area contributed by atoms with Crippen LogP contribution in [0.15, 0.2) is 65.1 Å². The molecule has 29 heavy (non-hydrogen) atoms. The highest BCUT2D eigenvalue weighted by atomic mass is 79.9. The number of methoxy groups -OCH3 is 3. The van der Waals surface area contributed by atoms with Crippen molar-refractivity contribution in [1.29, 1.82) is 0 Å². The molecule has 7 heteroatoms. The van der Waals surface area contributed by atoms with Crippen molar-refractivity contribution in [2.75, 3.05) is 26.6 Å². The number of hydrogen-bond donors (Lipinski definition) is 1. The van der Waals surface area contributed by atoms with Crippen LogP contribution in [0.3, 0.4) is 0 Å². The second-order valence-electron chi connectivity index (χ2n) is 5.95. The summed E-state index contributed by atoms with van der Waals surface area (Å²) < 4.78 is 22.1. The van der Waals surface area contributed by atoms with Crippen LogP contribution in [0.2, 0.25) is 0 Å². The predicted octanol–water partition coefficient (Wildman–Crippen LogP) is 5.52. The molecule has 0 heterocycles. The zero-order valence-electron chi connectivity index (χ0n) is 16.2. The van der Waals surface area contributed by atoms with E-state index < -0.39 is 0 Å². The van der Waals surface area contributed by atoms with Gasteiger partial charge in [0.25, 0.3) is 5.91 Å². The Morgan fingerprint density at radius 1 is 0.793 bits per heavy atom. The maximum Gasteiger partial charge on any atom is 0.255 e. The summed E-state index contributed by atoms with van der Waals surface area (Å²) in [4.78, 5) is 12.6. The van der Waals surface area contributed by atoms with Crippen molar-refractivity contribution in [3.05, 3.63) is 70.7 Å². The van der Waals surface area contributed by atoms with E-state index in [1.54, 1.807) is 43.5 Å². The molecule has 0 saturated heterocycles. The molecule has 0 aromatic heterocycles. The van der Waals surface area contributed by atoms with Gasteiger partial charge in [0.2, 0.25) is 0 Å². The van der Waals surface area contributed by atoms with Crippen molar-refractivity contribution in [2.24, 2.45) is 0 Å². The van der Waals surface area contributed by atoms with Gasteiger partial charge in [-0.25, -0.2) is 0 Å². The Labute approximate surface area is 177 Å². The van der Waals surface area contributed by atoms with E-state index in [-0.39, 0.29) is 5.91 Å². The number of halogens is 1. The van der Waals surface area contributed by atoms with Gasteiger partial charge in [-0.3, -0.25) is 4.79 Å². The maximum atomic E-state index is 12.6. The molecule has 0 atom stereocenters. The highest BCUT2D eigenvalue weighted by molar-refractivity contribution is 9.10. The Bertz CT molecular complexity index is 987. The van der Waals surface area contributed by atoms with Crippen molar-refractivity contribution in [1.82, 2.24) is 0 Å². The van der Waals surface area contributed by atoms with Gasteiger partial charge in [0.05, 0.1) is 25.8 Å². The van der Waals surface area contributed by atoms with Crippen LogP contribution < -0.4 is 24.3 Å². The number of ether oxygens (including phenoxy) is 4. The first-order valence-electron chi connectivity index (χ1n) is 8.69. The van der Waals surface area contributed by atoms with Crippen molar-refractivity contribution < 1.29 is 23.7 Å². The SMILES string of the molecule is COc1ccc(Oc2ccc(NC(=O)c3cc(Br)c(OC)c(OC)c3)cc2)cc1. The normalized spacial score (nSPS) is 10.2. The molecular weight excluding hydrogens is 438 g/mol. The second kappa shape index (κ2) is 9.34. The van der Waals surface area contributed by atoms with E-state index in [0.717, 1.165) is 5.75 Å². The third kappa shape index (κ3) is 5.00. The molecule has 3 aromatic carbocycles. The summed E-state index contributed by atoms with van der Waals surface area (Å²) in [5.41, 5.74) is 1.08. The first-order valence-corrected chi connectivity index (χ1v) is 9.48. The molecule has 0 bridgehead atoms. The Kier molecular flexibility index (Phi) is 6.61. The Morgan fingerprint density at radius 3 is 1.93 bits per heavy atom. The molecule has 1 N–H and O–H groups in total. The summed E-state index contributed by atoms with van der Waals surface area (Å²) in [5.74, 6) is 2.84. The molecule has 0 aliphatic heterocycles. The molecule has 0 fully saturated rings. The fourth-order valence-corrected chi connectivity index (χ4v) is 3.24. The minimum Gasteiger partial charge on any atom is -0.497 e. The van der Waals surface area contributed by atoms with Crippen LogP contribution in [0.5, 0.6) is 28.7 Å². The summed E-state index contributed by atoms with van der Waals surface area (Å²) in [7, 11) is 4.68. The average Bonchev–Trinajstić information content (AvgIpc) is 2.75. The number of carbonyl (C=O) groups excluding carboxylic acids is 1. The van der Waals surface area contributed by atoms with Gasteiger partial charge in [-0.1, -0.05) is 0 Å². The number of carbonyl (C=O) groups is 1. The molecule has 0 saturated carbocycles. The molecule has 6 nitrogen and oxygen atoms in total. The largest absolute Gasteiger partial charge is 0.497 e. The van der Waals surface area contributed by atoms with Crippen molar-refractivity contribution in [3.8, 4) is 28.7 Å². The lowest BCUT2D eigenvalue weighted by molar-refractivity contribution is 0.102. The van der Waals surface area contributed by atoms with Crippen molar-refractivity contribution >= 4 is 27.5 Å². The van der Waals surface area contributed by atoms with Crippen molar-refractivity contribution in [2.45, 2.75) is 0 Å². The van der Waals surface area contributed by atoms with Gasteiger partial charge in [-0.15, -0.1) is 0 Å². The van der Waals surface area contributed by atoms with E-state index in [2.05, 4.69) is 21.2 Å². The molecule has 0 radical (unpaired) electrons. The molecular formula is C22H20BrNO5. The molecule has 3 aromatic rings.